The van der Waals surface area contributed by atoms with E-state index >= 15 is 0 Å². The molecule has 0 saturated heterocycles. The van der Waals surface area contributed by atoms with Crippen molar-refractivity contribution in [2.45, 2.75) is 19.0 Å². The number of thioether (sulfide) groups is 1. The average Bonchev–Trinajstić information content (AvgIpc) is 2.38. The van der Waals surface area contributed by atoms with E-state index in [4.69, 9.17) is 5.26 Å². The molecule has 6 heteroatoms. The minimum atomic E-state index is 0.0611. The molecule has 1 aromatic heterocycles. The molecule has 0 bridgehead atoms. The Balaban J connectivity index is 2.55. The Hall–Kier alpha value is -1.61. The maximum Gasteiger partial charge on any atom is 0.233 e. The maximum absolute atomic E-state index is 11.7. The fraction of sp³-hybridized carbons (Fsp3) is 0.455. The molecular formula is C11H14N4OS. The van der Waals surface area contributed by atoms with Gasteiger partial charge in [-0.15, -0.1) is 0 Å². The molecule has 0 aliphatic carbocycles. The molecule has 0 N–H and O–H groups in total. The third kappa shape index (κ3) is 4.04. The molecule has 0 spiro atoms. The second-order valence-corrected chi connectivity index (χ2v) is 4.13. The van der Waals surface area contributed by atoms with E-state index < -0.39 is 0 Å². The monoisotopic (exact) mass is 250 g/mol. The van der Waals surface area contributed by atoms with Gasteiger partial charge < -0.3 is 4.90 Å². The van der Waals surface area contributed by atoms with Gasteiger partial charge in [0, 0.05) is 19.3 Å². The molecule has 0 aromatic carbocycles. The van der Waals surface area contributed by atoms with Crippen LogP contribution in [-0.4, -0.2) is 39.6 Å². The number of hydrogen-bond acceptors (Lipinski definition) is 5. The zero-order chi connectivity index (χ0) is 12.7. The van der Waals surface area contributed by atoms with Crippen LogP contribution in [0.25, 0.3) is 0 Å². The van der Waals surface area contributed by atoms with Gasteiger partial charge in [-0.2, -0.15) is 5.26 Å². The highest BCUT2D eigenvalue weighted by Gasteiger charge is 2.10. The van der Waals surface area contributed by atoms with Gasteiger partial charge in [0.15, 0.2) is 5.16 Å². The molecule has 1 heterocycles. The summed E-state index contributed by atoms with van der Waals surface area (Å²) in [5.41, 5.74) is 0.317. The summed E-state index contributed by atoms with van der Waals surface area (Å²) in [5, 5.41) is 9.14. The first-order valence-corrected chi connectivity index (χ1v) is 6.33. The standard InChI is InChI=1S/C11H14N4OS/c1-3-15(4-2)10(16)8-17-11-13-6-5-9(7-12)14-11/h5-6H,3-4,8H2,1-2H3. The lowest BCUT2D eigenvalue weighted by atomic mass is 10.5. The molecule has 0 radical (unpaired) electrons. The Labute approximate surface area is 105 Å². The van der Waals surface area contributed by atoms with Crippen LogP contribution >= 0.6 is 11.8 Å². The molecule has 5 nitrogen and oxygen atoms in total. The normalized spacial score (nSPS) is 9.71. The first-order chi connectivity index (χ1) is 8.21. The van der Waals surface area contributed by atoms with Gasteiger partial charge in [-0.05, 0) is 19.9 Å². The minimum Gasteiger partial charge on any atom is -0.343 e. The van der Waals surface area contributed by atoms with Crippen LogP contribution in [0.15, 0.2) is 17.4 Å². The Morgan fingerprint density at radius 3 is 2.82 bits per heavy atom. The van der Waals surface area contributed by atoms with Crippen LogP contribution in [0.3, 0.4) is 0 Å². The minimum absolute atomic E-state index is 0.0611. The third-order valence-electron chi connectivity index (χ3n) is 2.19. The second-order valence-electron chi connectivity index (χ2n) is 3.19. The predicted octanol–water partition coefficient (Wildman–Crippen LogP) is 1.31. The van der Waals surface area contributed by atoms with Crippen molar-refractivity contribution in [2.75, 3.05) is 18.8 Å². The van der Waals surface area contributed by atoms with Crippen molar-refractivity contribution in [3.63, 3.8) is 0 Å². The number of carbonyl (C=O) groups excluding carboxylic acids is 1. The van der Waals surface area contributed by atoms with E-state index in [1.54, 1.807) is 4.90 Å². The molecular weight excluding hydrogens is 236 g/mol. The van der Waals surface area contributed by atoms with Crippen molar-refractivity contribution < 1.29 is 4.79 Å². The number of carbonyl (C=O) groups is 1. The van der Waals surface area contributed by atoms with Crippen LogP contribution in [0, 0.1) is 11.3 Å². The number of hydrogen-bond donors (Lipinski definition) is 0. The number of nitrogens with zero attached hydrogens (tertiary/aromatic N) is 4. The fourth-order valence-corrected chi connectivity index (χ4v) is 2.00. The smallest absolute Gasteiger partial charge is 0.233 e. The summed E-state index contributed by atoms with van der Waals surface area (Å²) >= 11 is 1.25. The Kier molecular flexibility index (Phi) is 5.43. The zero-order valence-electron chi connectivity index (χ0n) is 9.88. The molecule has 1 amide bonds. The molecule has 1 rings (SSSR count). The SMILES string of the molecule is CCN(CC)C(=O)CSc1nccc(C#N)n1. The highest BCUT2D eigenvalue weighted by atomic mass is 32.2. The Morgan fingerprint density at radius 1 is 1.53 bits per heavy atom. The fourth-order valence-electron chi connectivity index (χ4n) is 1.27. The van der Waals surface area contributed by atoms with Crippen molar-refractivity contribution in [1.29, 1.82) is 5.26 Å². The maximum atomic E-state index is 11.7. The predicted molar refractivity (Wildman–Crippen MR) is 65.4 cm³/mol. The van der Waals surface area contributed by atoms with Crippen LogP contribution < -0.4 is 0 Å². The summed E-state index contributed by atoms with van der Waals surface area (Å²) < 4.78 is 0. The Bertz CT molecular complexity index is 426. The summed E-state index contributed by atoms with van der Waals surface area (Å²) in [6.45, 7) is 5.29. The van der Waals surface area contributed by atoms with E-state index in [-0.39, 0.29) is 5.91 Å². The average molecular weight is 250 g/mol. The van der Waals surface area contributed by atoms with Crippen molar-refractivity contribution in [1.82, 2.24) is 14.9 Å². The Morgan fingerprint density at radius 2 is 2.24 bits per heavy atom. The van der Waals surface area contributed by atoms with Gasteiger partial charge in [-0.3, -0.25) is 4.79 Å². The first kappa shape index (κ1) is 13.5. The van der Waals surface area contributed by atoms with E-state index in [0.29, 0.717) is 29.7 Å². The number of aromatic nitrogens is 2. The number of rotatable bonds is 5. The van der Waals surface area contributed by atoms with Gasteiger partial charge >= 0.3 is 0 Å². The van der Waals surface area contributed by atoms with Crippen molar-refractivity contribution >= 4 is 17.7 Å². The van der Waals surface area contributed by atoms with Gasteiger partial charge in [-0.1, -0.05) is 11.8 Å². The lowest BCUT2D eigenvalue weighted by molar-refractivity contribution is -0.127. The molecule has 0 aliphatic rings. The van der Waals surface area contributed by atoms with E-state index in [1.165, 1.54) is 24.0 Å². The van der Waals surface area contributed by atoms with E-state index in [1.807, 2.05) is 19.9 Å². The molecule has 1 aromatic rings. The molecule has 0 aliphatic heterocycles. The van der Waals surface area contributed by atoms with E-state index in [2.05, 4.69) is 9.97 Å². The van der Waals surface area contributed by atoms with Gasteiger partial charge in [0.1, 0.15) is 11.8 Å². The molecule has 0 saturated carbocycles. The van der Waals surface area contributed by atoms with Crippen LogP contribution in [0.5, 0.6) is 0 Å². The largest absolute Gasteiger partial charge is 0.343 e. The van der Waals surface area contributed by atoms with Crippen molar-refractivity contribution in [3.8, 4) is 6.07 Å². The van der Waals surface area contributed by atoms with Crippen LogP contribution in [0.2, 0.25) is 0 Å². The highest BCUT2D eigenvalue weighted by molar-refractivity contribution is 7.99. The van der Waals surface area contributed by atoms with Gasteiger partial charge in [0.2, 0.25) is 5.91 Å². The summed E-state index contributed by atoms with van der Waals surface area (Å²) in [6, 6.07) is 3.48. The molecule has 0 unspecified atom stereocenters. The zero-order valence-corrected chi connectivity index (χ0v) is 10.7. The van der Waals surface area contributed by atoms with Crippen molar-refractivity contribution in [2.24, 2.45) is 0 Å². The third-order valence-corrected chi connectivity index (χ3v) is 3.04. The van der Waals surface area contributed by atoms with Crippen molar-refractivity contribution in [3.05, 3.63) is 18.0 Å². The lowest BCUT2D eigenvalue weighted by Crippen LogP contribution is -2.31. The summed E-state index contributed by atoms with van der Waals surface area (Å²) in [4.78, 5) is 21.5. The van der Waals surface area contributed by atoms with Crippen LogP contribution in [-0.2, 0) is 4.79 Å². The van der Waals surface area contributed by atoms with E-state index in [9.17, 15) is 4.79 Å². The van der Waals surface area contributed by atoms with Crippen LogP contribution in [0.1, 0.15) is 19.5 Å². The summed E-state index contributed by atoms with van der Waals surface area (Å²) in [5.74, 6) is 0.363. The van der Waals surface area contributed by atoms with Crippen LogP contribution in [0.4, 0.5) is 0 Å². The van der Waals surface area contributed by atoms with Gasteiger partial charge in [0.25, 0.3) is 0 Å². The second kappa shape index (κ2) is 6.86. The topological polar surface area (TPSA) is 69.9 Å². The quantitative estimate of drug-likeness (QED) is 0.582. The number of nitriles is 1. The van der Waals surface area contributed by atoms with E-state index in [0.717, 1.165) is 0 Å². The first-order valence-electron chi connectivity index (χ1n) is 5.35. The molecule has 0 fully saturated rings. The molecule has 17 heavy (non-hydrogen) atoms. The molecule has 90 valence electrons. The molecule has 0 atom stereocenters. The highest BCUT2D eigenvalue weighted by Crippen LogP contribution is 2.13. The van der Waals surface area contributed by atoms with Gasteiger partial charge in [-0.25, -0.2) is 9.97 Å². The lowest BCUT2D eigenvalue weighted by Gasteiger charge is -2.17. The summed E-state index contributed by atoms with van der Waals surface area (Å²) in [7, 11) is 0. The van der Waals surface area contributed by atoms with Gasteiger partial charge in [0.05, 0.1) is 5.75 Å². The number of amides is 1. The summed E-state index contributed by atoms with van der Waals surface area (Å²) in [6.07, 6.45) is 1.52.